The molecule has 1 saturated carbocycles. The second-order valence-electron chi connectivity index (χ2n) is 10.9. The number of piperidine rings is 1. The molecule has 1 aromatic rings. The lowest BCUT2D eigenvalue weighted by Gasteiger charge is -2.40. The van der Waals surface area contributed by atoms with E-state index in [1.165, 1.54) is 30.0 Å². The zero-order valence-corrected chi connectivity index (χ0v) is 22.5. The normalized spacial score (nSPS) is 21.8. The third kappa shape index (κ3) is 6.50. The summed E-state index contributed by atoms with van der Waals surface area (Å²) >= 11 is 6.30. The topological polar surface area (TPSA) is 162 Å². The van der Waals surface area contributed by atoms with E-state index < -0.39 is 53.7 Å². The van der Waals surface area contributed by atoms with Crippen LogP contribution in [0.25, 0.3) is 0 Å². The number of aliphatic carboxylic acids is 1. The van der Waals surface area contributed by atoms with Gasteiger partial charge in [0.25, 0.3) is 5.91 Å². The number of halogens is 1. The van der Waals surface area contributed by atoms with Crippen LogP contribution >= 0.6 is 11.6 Å². The number of carbonyl (C=O) groups is 6. The molecule has 3 rings (SSSR count). The number of hydrogen-bond acceptors (Lipinski definition) is 6. The number of amides is 4. The molecule has 1 aliphatic heterocycles. The van der Waals surface area contributed by atoms with Crippen molar-refractivity contribution >= 4 is 53.2 Å². The fraction of sp³-hybridized carbons (Fsp3) is 0.538. The predicted octanol–water partition coefficient (Wildman–Crippen LogP) is 1.98. The molecule has 2 fully saturated rings. The Morgan fingerprint density at radius 3 is 2.39 bits per heavy atom. The fourth-order valence-corrected chi connectivity index (χ4v) is 5.49. The zero-order valence-electron chi connectivity index (χ0n) is 21.7. The number of nitrogens with one attached hydrogen (secondary N) is 3. The Kier molecular flexibility index (Phi) is 8.81. The molecule has 4 N–H and O–H groups in total. The summed E-state index contributed by atoms with van der Waals surface area (Å²) in [5, 5.41) is 16.9. The standard InChI is InChI=1S/C26H33ClN4O7/c1-13(33)28-15-6-8-18(19(27)10-15)23(36)30-22(26(2,3)4)25(38)31-17-7-5-14(9-17)21(31)24(37)29-16(12-32)11-20(34)35/h6,8,10,12,14,16-17,21-22H,5,7,9,11H2,1-4H3,(H,28,33)(H,29,37)(H,30,36)(H,34,35)/t14-,16-,17?,21-,22+/m0/s1. The number of benzene rings is 1. The van der Waals surface area contributed by atoms with Crippen LogP contribution in [0.3, 0.4) is 0 Å². The minimum atomic E-state index is -1.23. The summed E-state index contributed by atoms with van der Waals surface area (Å²) < 4.78 is 0. The Balaban J connectivity index is 1.84. The molecule has 1 aromatic carbocycles. The summed E-state index contributed by atoms with van der Waals surface area (Å²) in [7, 11) is 0. The summed E-state index contributed by atoms with van der Waals surface area (Å²) in [4.78, 5) is 75.5. The molecular formula is C26H33ClN4O7. The molecule has 2 aliphatic rings. The van der Waals surface area contributed by atoms with E-state index in [9.17, 15) is 28.8 Å². The Hall–Kier alpha value is -3.47. The van der Waals surface area contributed by atoms with Crippen molar-refractivity contribution in [1.82, 2.24) is 15.5 Å². The highest BCUT2D eigenvalue weighted by atomic mass is 35.5. The minimum Gasteiger partial charge on any atom is -0.481 e. The molecule has 0 aromatic heterocycles. The number of hydrogen-bond donors (Lipinski definition) is 4. The van der Waals surface area contributed by atoms with Gasteiger partial charge in [-0.25, -0.2) is 0 Å². The van der Waals surface area contributed by atoms with Crippen molar-refractivity contribution < 1.29 is 33.9 Å². The molecule has 5 atom stereocenters. The lowest BCUT2D eigenvalue weighted by Crippen LogP contribution is -2.61. The first-order chi connectivity index (χ1) is 17.7. The first-order valence-corrected chi connectivity index (χ1v) is 12.8. The van der Waals surface area contributed by atoms with Gasteiger partial charge >= 0.3 is 5.97 Å². The lowest BCUT2D eigenvalue weighted by atomic mass is 9.84. The van der Waals surface area contributed by atoms with Crippen LogP contribution in [0.5, 0.6) is 0 Å². The molecular weight excluding hydrogens is 516 g/mol. The van der Waals surface area contributed by atoms with Gasteiger partial charge in [0, 0.05) is 18.7 Å². The van der Waals surface area contributed by atoms with Gasteiger partial charge in [0.1, 0.15) is 18.4 Å². The molecule has 1 saturated heterocycles. The Morgan fingerprint density at radius 1 is 1.16 bits per heavy atom. The summed E-state index contributed by atoms with van der Waals surface area (Å²) in [5.41, 5.74) is -0.212. The third-order valence-electron chi connectivity index (χ3n) is 6.92. The number of anilines is 1. The summed E-state index contributed by atoms with van der Waals surface area (Å²) in [5.74, 6) is -3.27. The van der Waals surface area contributed by atoms with Gasteiger partial charge in [-0.05, 0) is 48.8 Å². The molecule has 0 spiro atoms. The average molecular weight is 549 g/mol. The van der Waals surface area contributed by atoms with Crippen LogP contribution in [-0.4, -0.2) is 70.1 Å². The van der Waals surface area contributed by atoms with Crippen LogP contribution in [0.15, 0.2) is 18.2 Å². The SMILES string of the molecule is CC(=O)Nc1ccc(C(=O)N[C@H](C(=O)N2C3CC[C@@H](C3)[C@H]2C(=O)N[C@H](C=O)CC(=O)O)C(C)(C)C)c(Cl)c1. The molecule has 11 nitrogen and oxygen atoms in total. The summed E-state index contributed by atoms with van der Waals surface area (Å²) in [6.45, 7) is 6.71. The molecule has 1 heterocycles. The Labute approximate surface area is 225 Å². The zero-order chi connectivity index (χ0) is 28.4. The maximum absolute atomic E-state index is 13.9. The van der Waals surface area contributed by atoms with Crippen LogP contribution in [-0.2, 0) is 24.0 Å². The maximum atomic E-state index is 13.9. The molecule has 12 heteroatoms. The first kappa shape index (κ1) is 29.1. The van der Waals surface area contributed by atoms with Gasteiger partial charge in [0.05, 0.1) is 23.0 Å². The second-order valence-corrected chi connectivity index (χ2v) is 11.3. The van der Waals surface area contributed by atoms with Crippen molar-refractivity contribution in [3.8, 4) is 0 Å². The lowest BCUT2D eigenvalue weighted by molar-refractivity contribution is -0.147. The third-order valence-corrected chi connectivity index (χ3v) is 7.23. The van der Waals surface area contributed by atoms with Gasteiger partial charge in [-0.3, -0.25) is 24.0 Å². The van der Waals surface area contributed by atoms with E-state index in [1.807, 2.05) is 0 Å². The molecule has 38 heavy (non-hydrogen) atoms. The number of rotatable bonds is 9. The Morgan fingerprint density at radius 2 is 1.84 bits per heavy atom. The van der Waals surface area contributed by atoms with E-state index in [1.54, 1.807) is 20.8 Å². The second kappa shape index (κ2) is 11.5. The van der Waals surface area contributed by atoms with Crippen molar-refractivity contribution in [2.75, 3.05) is 5.32 Å². The average Bonchev–Trinajstić information content (AvgIpc) is 3.42. The van der Waals surface area contributed by atoms with Gasteiger partial charge in [0.15, 0.2) is 0 Å². The molecule has 206 valence electrons. The van der Waals surface area contributed by atoms with E-state index in [4.69, 9.17) is 16.7 Å². The summed E-state index contributed by atoms with van der Waals surface area (Å²) in [6, 6.07) is 1.10. The van der Waals surface area contributed by atoms with E-state index >= 15 is 0 Å². The number of carbonyl (C=O) groups excluding carboxylic acids is 5. The van der Waals surface area contributed by atoms with Gasteiger partial charge in [-0.2, -0.15) is 0 Å². The molecule has 1 unspecified atom stereocenters. The van der Waals surface area contributed by atoms with Crippen LogP contribution in [0.2, 0.25) is 5.02 Å². The highest BCUT2D eigenvalue weighted by Crippen LogP contribution is 2.43. The minimum absolute atomic E-state index is 0.0877. The van der Waals surface area contributed by atoms with Crippen LogP contribution < -0.4 is 16.0 Å². The van der Waals surface area contributed by atoms with Gasteiger partial charge in [-0.15, -0.1) is 0 Å². The molecule has 0 radical (unpaired) electrons. The van der Waals surface area contributed by atoms with E-state index in [2.05, 4.69) is 16.0 Å². The number of likely N-dealkylation sites (tertiary alicyclic amines) is 1. The van der Waals surface area contributed by atoms with Crippen molar-refractivity contribution in [2.45, 2.75) is 77.5 Å². The highest BCUT2D eigenvalue weighted by molar-refractivity contribution is 6.34. The van der Waals surface area contributed by atoms with Crippen molar-refractivity contribution in [2.24, 2.45) is 11.3 Å². The monoisotopic (exact) mass is 548 g/mol. The quantitative estimate of drug-likeness (QED) is 0.343. The van der Waals surface area contributed by atoms with Gasteiger partial charge in [0.2, 0.25) is 17.7 Å². The number of nitrogens with zero attached hydrogens (tertiary/aromatic N) is 1. The number of carboxylic acids is 1. The smallest absolute Gasteiger partial charge is 0.305 e. The highest BCUT2D eigenvalue weighted by Gasteiger charge is 2.53. The molecule has 1 aliphatic carbocycles. The van der Waals surface area contributed by atoms with Gasteiger partial charge in [-0.1, -0.05) is 32.4 Å². The number of fused-ring (bicyclic) bond motifs is 2. The van der Waals surface area contributed by atoms with Crippen LogP contribution in [0.4, 0.5) is 5.69 Å². The maximum Gasteiger partial charge on any atom is 0.305 e. The Bertz CT molecular complexity index is 1150. The van der Waals surface area contributed by atoms with Crippen LogP contribution in [0.1, 0.15) is 63.7 Å². The summed E-state index contributed by atoms with van der Waals surface area (Å²) in [6.07, 6.45) is 1.83. The predicted molar refractivity (Wildman–Crippen MR) is 138 cm³/mol. The van der Waals surface area contributed by atoms with E-state index in [0.717, 1.165) is 6.42 Å². The van der Waals surface area contributed by atoms with Gasteiger partial charge < -0.3 is 30.8 Å². The molecule has 2 bridgehead atoms. The van der Waals surface area contributed by atoms with Crippen LogP contribution in [0, 0.1) is 11.3 Å². The number of carboxylic acid groups (broad SMARTS) is 1. The number of aldehydes is 1. The first-order valence-electron chi connectivity index (χ1n) is 12.4. The largest absolute Gasteiger partial charge is 0.481 e. The fourth-order valence-electron chi connectivity index (χ4n) is 5.22. The van der Waals surface area contributed by atoms with E-state index in [-0.39, 0.29) is 28.5 Å². The molecule has 4 amide bonds. The van der Waals surface area contributed by atoms with Crippen molar-refractivity contribution in [1.29, 1.82) is 0 Å². The van der Waals surface area contributed by atoms with Crippen molar-refractivity contribution in [3.05, 3.63) is 28.8 Å². The van der Waals surface area contributed by atoms with Crippen molar-refractivity contribution in [3.63, 3.8) is 0 Å². The van der Waals surface area contributed by atoms with E-state index in [0.29, 0.717) is 24.8 Å².